The lowest BCUT2D eigenvalue weighted by molar-refractivity contribution is 0.151. The zero-order valence-electron chi connectivity index (χ0n) is 11.6. The Labute approximate surface area is 112 Å². The number of nitrogens with one attached hydrogen (secondary N) is 2. The zero-order chi connectivity index (χ0) is 14.0. The number of anilines is 1. The smallest absolute Gasteiger partial charge is 0.320 e. The summed E-state index contributed by atoms with van der Waals surface area (Å²) in [5, 5.41) is 18.8. The van der Waals surface area contributed by atoms with Gasteiger partial charge in [0.15, 0.2) is 5.82 Å². The summed E-state index contributed by atoms with van der Waals surface area (Å²) in [6.07, 6.45) is 2.03. The molecular formula is C13H21N3O3. The number of hydrogen-bond donors (Lipinski definition) is 3. The van der Waals surface area contributed by atoms with E-state index in [2.05, 4.69) is 15.8 Å². The molecule has 1 saturated carbocycles. The molecule has 1 fully saturated rings. The van der Waals surface area contributed by atoms with Gasteiger partial charge in [-0.15, -0.1) is 0 Å². The van der Waals surface area contributed by atoms with Gasteiger partial charge < -0.3 is 14.9 Å². The number of carbonyl (C=O) groups excluding carboxylic acids is 1. The third-order valence-electron chi connectivity index (χ3n) is 3.29. The predicted molar refractivity (Wildman–Crippen MR) is 71.0 cm³/mol. The highest BCUT2D eigenvalue weighted by atomic mass is 16.5. The number of nitrogens with zero attached hydrogens (tertiary/aromatic N) is 1. The standard InChI is InChI=1S/C13H21N3O3/c1-13(2,3)10-7-11(16-19-10)15-12(18)14-8-5-4-6-9(8)17/h7-9,17H,4-6H2,1-3H3,(H2,14,15,16,18). The maximum atomic E-state index is 11.8. The average molecular weight is 267 g/mol. The van der Waals surface area contributed by atoms with Crippen LogP contribution >= 0.6 is 0 Å². The first kappa shape index (κ1) is 13.9. The van der Waals surface area contributed by atoms with E-state index in [1.807, 2.05) is 20.8 Å². The van der Waals surface area contributed by atoms with Crippen molar-refractivity contribution in [2.45, 2.75) is 57.6 Å². The number of amides is 2. The van der Waals surface area contributed by atoms with E-state index in [0.717, 1.165) is 19.3 Å². The molecule has 1 aliphatic rings. The largest absolute Gasteiger partial charge is 0.391 e. The van der Waals surface area contributed by atoms with Gasteiger partial charge in [0.1, 0.15) is 5.76 Å². The molecule has 0 spiro atoms. The van der Waals surface area contributed by atoms with E-state index in [4.69, 9.17) is 4.52 Å². The lowest BCUT2D eigenvalue weighted by Crippen LogP contribution is -2.42. The number of hydrogen-bond acceptors (Lipinski definition) is 4. The van der Waals surface area contributed by atoms with Crippen molar-refractivity contribution in [1.82, 2.24) is 10.5 Å². The topological polar surface area (TPSA) is 87.4 Å². The van der Waals surface area contributed by atoms with Crippen molar-refractivity contribution in [3.63, 3.8) is 0 Å². The molecule has 6 heteroatoms. The summed E-state index contributed by atoms with van der Waals surface area (Å²) >= 11 is 0. The van der Waals surface area contributed by atoms with Crippen LogP contribution in [-0.2, 0) is 5.41 Å². The maximum absolute atomic E-state index is 11.8. The van der Waals surface area contributed by atoms with E-state index in [-0.39, 0.29) is 17.5 Å². The average Bonchev–Trinajstić information content (AvgIpc) is 2.88. The molecule has 0 radical (unpaired) electrons. The molecule has 1 aromatic rings. The molecule has 3 N–H and O–H groups in total. The molecule has 106 valence electrons. The quantitative estimate of drug-likeness (QED) is 0.765. The van der Waals surface area contributed by atoms with Crippen molar-refractivity contribution in [3.05, 3.63) is 11.8 Å². The molecule has 1 aromatic heterocycles. The molecule has 1 aliphatic carbocycles. The summed E-state index contributed by atoms with van der Waals surface area (Å²) in [6, 6.07) is 1.18. The van der Waals surface area contributed by atoms with Crippen LogP contribution in [0.15, 0.2) is 10.6 Å². The SMILES string of the molecule is CC(C)(C)c1cc(NC(=O)NC2CCCC2O)no1. The molecule has 2 unspecified atom stereocenters. The van der Waals surface area contributed by atoms with Crippen LogP contribution in [0.3, 0.4) is 0 Å². The minimum atomic E-state index is -0.451. The summed E-state index contributed by atoms with van der Waals surface area (Å²) in [4.78, 5) is 11.8. The van der Waals surface area contributed by atoms with Crippen molar-refractivity contribution in [1.29, 1.82) is 0 Å². The van der Waals surface area contributed by atoms with Gasteiger partial charge in [0.2, 0.25) is 0 Å². The van der Waals surface area contributed by atoms with Crippen LogP contribution in [0.25, 0.3) is 0 Å². The van der Waals surface area contributed by atoms with Crippen molar-refractivity contribution in [2.75, 3.05) is 5.32 Å². The molecule has 2 rings (SSSR count). The molecule has 1 heterocycles. The molecule has 2 amide bonds. The Balaban J connectivity index is 1.90. The Hall–Kier alpha value is -1.56. The Kier molecular flexibility index (Phi) is 3.80. The van der Waals surface area contributed by atoms with Gasteiger partial charge in [-0.25, -0.2) is 4.79 Å². The van der Waals surface area contributed by atoms with Crippen molar-refractivity contribution in [2.24, 2.45) is 0 Å². The normalized spacial score (nSPS) is 23.4. The molecule has 2 atom stereocenters. The molecule has 0 bridgehead atoms. The van der Waals surface area contributed by atoms with E-state index >= 15 is 0 Å². The van der Waals surface area contributed by atoms with Gasteiger partial charge in [-0.1, -0.05) is 25.9 Å². The second-order valence-electron chi connectivity index (χ2n) is 6.03. The van der Waals surface area contributed by atoms with Crippen molar-refractivity contribution >= 4 is 11.8 Å². The van der Waals surface area contributed by atoms with Gasteiger partial charge in [-0.05, 0) is 19.3 Å². The number of aliphatic hydroxyl groups is 1. The fraction of sp³-hybridized carbons (Fsp3) is 0.692. The first-order valence-corrected chi connectivity index (χ1v) is 6.59. The summed E-state index contributed by atoms with van der Waals surface area (Å²) in [6.45, 7) is 6.02. The first-order valence-electron chi connectivity index (χ1n) is 6.59. The van der Waals surface area contributed by atoms with Gasteiger partial charge in [0.05, 0.1) is 12.1 Å². The second kappa shape index (κ2) is 5.21. The van der Waals surface area contributed by atoms with E-state index in [0.29, 0.717) is 11.6 Å². The molecular weight excluding hydrogens is 246 g/mol. The number of aromatic nitrogens is 1. The minimum absolute atomic E-state index is 0.148. The Morgan fingerprint density at radius 2 is 2.21 bits per heavy atom. The van der Waals surface area contributed by atoms with Crippen LogP contribution in [-0.4, -0.2) is 28.4 Å². The van der Waals surface area contributed by atoms with Crippen LogP contribution in [0.2, 0.25) is 0 Å². The lowest BCUT2D eigenvalue weighted by Gasteiger charge is -2.16. The second-order valence-corrected chi connectivity index (χ2v) is 6.03. The van der Waals surface area contributed by atoms with Gasteiger partial charge >= 0.3 is 6.03 Å². The van der Waals surface area contributed by atoms with Crippen LogP contribution < -0.4 is 10.6 Å². The molecule has 0 aromatic carbocycles. The van der Waals surface area contributed by atoms with E-state index in [1.54, 1.807) is 6.07 Å². The van der Waals surface area contributed by atoms with Crippen molar-refractivity contribution < 1.29 is 14.4 Å². The molecule has 0 saturated heterocycles. The first-order chi connectivity index (χ1) is 8.86. The summed E-state index contributed by atoms with van der Waals surface area (Å²) in [7, 11) is 0. The predicted octanol–water partition coefficient (Wildman–Crippen LogP) is 2.01. The third-order valence-corrected chi connectivity index (χ3v) is 3.29. The van der Waals surface area contributed by atoms with Crippen LogP contribution in [0, 0.1) is 0 Å². The Morgan fingerprint density at radius 3 is 2.74 bits per heavy atom. The highest BCUT2D eigenvalue weighted by Gasteiger charge is 2.27. The number of rotatable bonds is 2. The fourth-order valence-corrected chi connectivity index (χ4v) is 2.12. The van der Waals surface area contributed by atoms with Crippen molar-refractivity contribution in [3.8, 4) is 0 Å². The number of aliphatic hydroxyl groups excluding tert-OH is 1. The third kappa shape index (κ3) is 3.47. The zero-order valence-corrected chi connectivity index (χ0v) is 11.6. The molecule has 19 heavy (non-hydrogen) atoms. The Bertz CT molecular complexity index is 450. The Morgan fingerprint density at radius 1 is 1.47 bits per heavy atom. The highest BCUT2D eigenvalue weighted by Crippen LogP contribution is 2.24. The molecule has 0 aliphatic heterocycles. The fourth-order valence-electron chi connectivity index (χ4n) is 2.12. The number of urea groups is 1. The minimum Gasteiger partial charge on any atom is -0.391 e. The molecule has 6 nitrogen and oxygen atoms in total. The van der Waals surface area contributed by atoms with Crippen LogP contribution in [0.5, 0.6) is 0 Å². The number of carbonyl (C=O) groups is 1. The van der Waals surface area contributed by atoms with E-state index < -0.39 is 6.10 Å². The monoisotopic (exact) mass is 267 g/mol. The highest BCUT2D eigenvalue weighted by molar-refractivity contribution is 5.88. The summed E-state index contributed by atoms with van der Waals surface area (Å²) in [5.74, 6) is 1.10. The van der Waals surface area contributed by atoms with Gasteiger partial charge in [0, 0.05) is 11.5 Å². The summed E-state index contributed by atoms with van der Waals surface area (Å²) < 4.78 is 5.18. The van der Waals surface area contributed by atoms with Gasteiger partial charge in [0.25, 0.3) is 0 Å². The summed E-state index contributed by atoms with van der Waals surface area (Å²) in [5.41, 5.74) is -0.148. The lowest BCUT2D eigenvalue weighted by atomic mass is 9.93. The van der Waals surface area contributed by atoms with E-state index in [1.165, 1.54) is 0 Å². The van der Waals surface area contributed by atoms with Crippen LogP contribution in [0.1, 0.15) is 45.8 Å². The maximum Gasteiger partial charge on any atom is 0.320 e. The van der Waals surface area contributed by atoms with Gasteiger partial charge in [-0.3, -0.25) is 5.32 Å². The van der Waals surface area contributed by atoms with E-state index in [9.17, 15) is 9.90 Å². The van der Waals surface area contributed by atoms with Crippen LogP contribution in [0.4, 0.5) is 10.6 Å². The van der Waals surface area contributed by atoms with Gasteiger partial charge in [-0.2, -0.15) is 0 Å².